The number of aromatic nitrogens is 1. The third-order valence-corrected chi connectivity index (χ3v) is 4.90. The third kappa shape index (κ3) is 4.05. The second-order valence-electron chi connectivity index (χ2n) is 7.05. The topological polar surface area (TPSA) is 86.8 Å². The molecule has 1 aliphatic heterocycles. The van der Waals surface area contributed by atoms with E-state index >= 15 is 0 Å². The van der Waals surface area contributed by atoms with E-state index in [1.807, 2.05) is 31.2 Å². The number of rotatable bonds is 4. The molecule has 3 aromatic rings. The van der Waals surface area contributed by atoms with Gasteiger partial charge in [-0.25, -0.2) is 4.79 Å². The fourth-order valence-corrected chi connectivity index (χ4v) is 3.47. The number of esters is 1. The van der Waals surface area contributed by atoms with Crippen molar-refractivity contribution < 1.29 is 23.8 Å². The molecule has 0 unspecified atom stereocenters. The van der Waals surface area contributed by atoms with Crippen LogP contribution in [-0.2, 0) is 9.53 Å². The van der Waals surface area contributed by atoms with E-state index in [9.17, 15) is 9.59 Å². The Kier molecular flexibility index (Phi) is 5.52. The number of hydrogen-bond acceptors (Lipinski definition) is 6. The molecule has 30 heavy (non-hydrogen) atoms. The van der Waals surface area contributed by atoms with Crippen molar-refractivity contribution in [1.29, 1.82) is 0 Å². The lowest BCUT2D eigenvalue weighted by Gasteiger charge is -2.13. The lowest BCUT2D eigenvalue weighted by Crippen LogP contribution is -2.22. The van der Waals surface area contributed by atoms with Gasteiger partial charge in [-0.1, -0.05) is 18.2 Å². The monoisotopic (exact) mass is 406 g/mol. The van der Waals surface area contributed by atoms with Crippen molar-refractivity contribution in [2.24, 2.45) is 0 Å². The number of amides is 1. The summed E-state index contributed by atoms with van der Waals surface area (Å²) >= 11 is 0. The first-order valence-corrected chi connectivity index (χ1v) is 9.75. The van der Waals surface area contributed by atoms with Gasteiger partial charge >= 0.3 is 5.97 Å². The van der Waals surface area contributed by atoms with E-state index in [1.165, 1.54) is 0 Å². The largest absolute Gasteiger partial charge is 0.490 e. The van der Waals surface area contributed by atoms with Gasteiger partial charge in [-0.3, -0.25) is 9.78 Å². The highest BCUT2D eigenvalue weighted by molar-refractivity contribution is 6.00. The number of nitrogens with zero attached hydrogens (tertiary/aromatic N) is 1. The van der Waals surface area contributed by atoms with Crippen LogP contribution in [0.1, 0.15) is 28.0 Å². The summed E-state index contributed by atoms with van der Waals surface area (Å²) in [6, 6.07) is 12.8. The summed E-state index contributed by atoms with van der Waals surface area (Å²) in [5.74, 6) is 0.210. The zero-order valence-corrected chi connectivity index (χ0v) is 16.9. The standard InChI is InChI=1S/C23H22N2O5/c1-14-17-6-3-4-7-18(17)24-15(2)22(14)23(27)30-13-21(26)25-16-8-9-19-20(12-16)29-11-5-10-28-19/h3-4,6-9,12H,5,10-11,13H2,1-2H3,(H,25,26). The van der Waals surface area contributed by atoms with Gasteiger partial charge in [0.1, 0.15) is 0 Å². The normalized spacial score (nSPS) is 12.9. The van der Waals surface area contributed by atoms with Crippen LogP contribution >= 0.6 is 0 Å². The third-order valence-electron chi connectivity index (χ3n) is 4.90. The van der Waals surface area contributed by atoms with Crippen molar-refractivity contribution in [3.05, 3.63) is 59.3 Å². The van der Waals surface area contributed by atoms with Gasteiger partial charge in [-0.15, -0.1) is 0 Å². The van der Waals surface area contributed by atoms with Crippen molar-refractivity contribution in [3.63, 3.8) is 0 Å². The van der Waals surface area contributed by atoms with Gasteiger partial charge in [-0.2, -0.15) is 0 Å². The molecule has 0 spiro atoms. The number of benzene rings is 2. The quantitative estimate of drug-likeness (QED) is 0.663. The van der Waals surface area contributed by atoms with Crippen molar-refractivity contribution in [2.75, 3.05) is 25.1 Å². The number of anilines is 1. The summed E-state index contributed by atoms with van der Waals surface area (Å²) in [5, 5.41) is 3.59. The van der Waals surface area contributed by atoms with E-state index in [2.05, 4.69) is 10.3 Å². The average molecular weight is 406 g/mol. The highest BCUT2D eigenvalue weighted by Crippen LogP contribution is 2.32. The van der Waals surface area contributed by atoms with E-state index in [0.717, 1.165) is 22.9 Å². The van der Waals surface area contributed by atoms with Crippen LogP contribution in [0.15, 0.2) is 42.5 Å². The number of fused-ring (bicyclic) bond motifs is 2. The van der Waals surface area contributed by atoms with E-state index in [1.54, 1.807) is 25.1 Å². The van der Waals surface area contributed by atoms with Crippen LogP contribution in [0, 0.1) is 13.8 Å². The maximum Gasteiger partial charge on any atom is 0.340 e. The Labute approximate surface area is 174 Å². The Bertz CT molecular complexity index is 1130. The average Bonchev–Trinajstić information content (AvgIpc) is 2.97. The van der Waals surface area contributed by atoms with Crippen LogP contribution in [-0.4, -0.2) is 36.7 Å². The molecule has 1 aliphatic rings. The first kappa shape index (κ1) is 19.7. The molecule has 2 aromatic carbocycles. The summed E-state index contributed by atoms with van der Waals surface area (Å²) in [7, 11) is 0. The molecule has 0 fully saturated rings. The minimum absolute atomic E-state index is 0.386. The number of para-hydroxylation sites is 1. The molecular formula is C23H22N2O5. The number of aryl methyl sites for hydroxylation is 2. The van der Waals surface area contributed by atoms with Gasteiger partial charge in [0, 0.05) is 23.6 Å². The zero-order chi connectivity index (χ0) is 21.1. The molecule has 1 amide bonds. The molecule has 7 heteroatoms. The van der Waals surface area contributed by atoms with E-state index in [0.29, 0.717) is 41.7 Å². The van der Waals surface area contributed by atoms with Crippen molar-refractivity contribution in [1.82, 2.24) is 4.98 Å². The first-order chi connectivity index (χ1) is 14.5. The molecule has 1 aromatic heterocycles. The van der Waals surface area contributed by atoms with Gasteiger partial charge in [0.2, 0.25) is 0 Å². The first-order valence-electron chi connectivity index (χ1n) is 9.75. The molecule has 0 bridgehead atoms. The van der Waals surface area contributed by atoms with E-state index in [4.69, 9.17) is 14.2 Å². The zero-order valence-electron chi connectivity index (χ0n) is 16.9. The molecule has 4 rings (SSSR count). The van der Waals surface area contributed by atoms with Crippen LogP contribution in [0.25, 0.3) is 10.9 Å². The summed E-state index contributed by atoms with van der Waals surface area (Å²) in [6.45, 7) is 4.36. The van der Waals surface area contributed by atoms with Gasteiger partial charge in [0.05, 0.1) is 30.0 Å². The van der Waals surface area contributed by atoms with Gasteiger partial charge < -0.3 is 19.5 Å². The molecule has 154 valence electrons. The van der Waals surface area contributed by atoms with E-state index in [-0.39, 0.29) is 0 Å². The molecule has 7 nitrogen and oxygen atoms in total. The number of pyridine rings is 1. The fourth-order valence-electron chi connectivity index (χ4n) is 3.47. The Morgan fingerprint density at radius 1 is 1.07 bits per heavy atom. The maximum absolute atomic E-state index is 12.6. The molecule has 1 N–H and O–H groups in total. The summed E-state index contributed by atoms with van der Waals surface area (Å²) < 4.78 is 16.5. The van der Waals surface area contributed by atoms with Crippen LogP contribution in [0.4, 0.5) is 5.69 Å². The Morgan fingerprint density at radius 2 is 1.83 bits per heavy atom. The number of carbonyl (C=O) groups is 2. The Morgan fingerprint density at radius 3 is 2.67 bits per heavy atom. The van der Waals surface area contributed by atoms with Gasteiger partial charge in [-0.05, 0) is 37.6 Å². The predicted molar refractivity (Wildman–Crippen MR) is 112 cm³/mol. The molecule has 0 aliphatic carbocycles. The summed E-state index contributed by atoms with van der Waals surface area (Å²) in [6.07, 6.45) is 0.800. The highest BCUT2D eigenvalue weighted by atomic mass is 16.5. The predicted octanol–water partition coefficient (Wildman–Crippen LogP) is 3.81. The number of nitrogens with one attached hydrogen (secondary N) is 1. The van der Waals surface area contributed by atoms with Crippen molar-refractivity contribution in [2.45, 2.75) is 20.3 Å². The SMILES string of the molecule is Cc1nc2ccccc2c(C)c1C(=O)OCC(=O)Nc1ccc2c(c1)OCCCO2. The minimum Gasteiger partial charge on any atom is -0.490 e. The number of carbonyl (C=O) groups excluding carboxylic acids is 2. The number of ether oxygens (including phenoxy) is 3. The van der Waals surface area contributed by atoms with Gasteiger partial charge in [0.25, 0.3) is 5.91 Å². The Balaban J connectivity index is 1.43. The second-order valence-corrected chi connectivity index (χ2v) is 7.05. The van der Waals surface area contributed by atoms with Gasteiger partial charge in [0.15, 0.2) is 18.1 Å². The molecule has 0 atom stereocenters. The molecule has 2 heterocycles. The van der Waals surface area contributed by atoms with Crippen LogP contribution < -0.4 is 14.8 Å². The summed E-state index contributed by atoms with van der Waals surface area (Å²) in [4.78, 5) is 29.4. The number of hydrogen-bond donors (Lipinski definition) is 1. The van der Waals surface area contributed by atoms with Crippen molar-refractivity contribution in [3.8, 4) is 11.5 Å². The van der Waals surface area contributed by atoms with Crippen molar-refractivity contribution >= 4 is 28.5 Å². The minimum atomic E-state index is -0.572. The summed E-state index contributed by atoms with van der Waals surface area (Å²) in [5.41, 5.74) is 3.10. The van der Waals surface area contributed by atoms with Crippen LogP contribution in [0.3, 0.4) is 0 Å². The second kappa shape index (κ2) is 8.41. The molecule has 0 saturated heterocycles. The van der Waals surface area contributed by atoms with E-state index < -0.39 is 18.5 Å². The molecule has 0 radical (unpaired) electrons. The molecule has 0 saturated carbocycles. The van der Waals surface area contributed by atoms with Crippen LogP contribution in [0.2, 0.25) is 0 Å². The lowest BCUT2D eigenvalue weighted by molar-refractivity contribution is -0.119. The van der Waals surface area contributed by atoms with Crippen LogP contribution in [0.5, 0.6) is 11.5 Å². The highest BCUT2D eigenvalue weighted by Gasteiger charge is 2.19. The maximum atomic E-state index is 12.6. The Hall–Kier alpha value is -3.61. The smallest absolute Gasteiger partial charge is 0.340 e. The lowest BCUT2D eigenvalue weighted by atomic mass is 10.0. The molecular weight excluding hydrogens is 384 g/mol. The fraction of sp³-hybridized carbons (Fsp3) is 0.261.